The Kier molecular flexibility index (Phi) is 7.14. The maximum atomic E-state index is 7.18. The predicted molar refractivity (Wildman–Crippen MR) is 82.0 cm³/mol. The number of benzene rings is 1. The summed E-state index contributed by atoms with van der Waals surface area (Å²) in [7, 11) is 0. The van der Waals surface area contributed by atoms with Crippen molar-refractivity contribution in [2.24, 2.45) is 5.73 Å². The molecule has 6 nitrogen and oxygen atoms in total. The number of rotatable bonds is 5. The van der Waals surface area contributed by atoms with E-state index in [1.165, 1.54) is 0 Å². The van der Waals surface area contributed by atoms with Crippen LogP contribution >= 0.6 is 12.4 Å². The minimum absolute atomic E-state index is 0. The zero-order valence-corrected chi connectivity index (χ0v) is 12.1. The minimum Gasteiger partial charge on any atom is -0.492 e. The van der Waals surface area contributed by atoms with Crippen molar-refractivity contribution in [3.05, 3.63) is 24.3 Å². The Morgan fingerprint density at radius 3 is 2.85 bits per heavy atom. The molecule has 0 saturated carbocycles. The molecule has 0 unspecified atom stereocenters. The molecule has 20 heavy (non-hydrogen) atoms. The molecule has 112 valence electrons. The van der Waals surface area contributed by atoms with Crippen molar-refractivity contribution in [2.75, 3.05) is 44.8 Å². The van der Waals surface area contributed by atoms with E-state index in [0.29, 0.717) is 6.61 Å². The lowest BCUT2D eigenvalue weighted by Crippen LogP contribution is -2.38. The monoisotopic (exact) mass is 300 g/mol. The number of morpholine rings is 1. The first-order chi connectivity index (χ1) is 9.24. The van der Waals surface area contributed by atoms with Crippen molar-refractivity contribution in [3.8, 4) is 5.75 Å². The van der Waals surface area contributed by atoms with Crippen molar-refractivity contribution >= 4 is 24.1 Å². The Hall–Kier alpha value is -1.50. The summed E-state index contributed by atoms with van der Waals surface area (Å²) >= 11 is 0. The molecule has 7 heteroatoms. The highest BCUT2D eigenvalue weighted by Gasteiger charge is 2.09. The molecule has 0 radical (unpaired) electrons. The third kappa shape index (κ3) is 5.64. The van der Waals surface area contributed by atoms with Crippen molar-refractivity contribution in [1.82, 2.24) is 4.90 Å². The van der Waals surface area contributed by atoms with E-state index in [1.54, 1.807) is 0 Å². The van der Waals surface area contributed by atoms with Gasteiger partial charge in [0.2, 0.25) is 0 Å². The standard InChI is InChI=1S/C13H20N4O2.ClH/c14-13(15)16-11-2-1-3-12(10-11)19-9-6-17-4-7-18-8-5-17;/h1-3,10H,4-9H2,(H4,14,15,16);1H. The summed E-state index contributed by atoms with van der Waals surface area (Å²) in [6, 6.07) is 7.44. The molecular weight excluding hydrogens is 280 g/mol. The average Bonchev–Trinajstić information content (AvgIpc) is 2.40. The van der Waals surface area contributed by atoms with Crippen LogP contribution in [0.4, 0.5) is 5.69 Å². The van der Waals surface area contributed by atoms with Crippen LogP contribution in [-0.4, -0.2) is 50.3 Å². The van der Waals surface area contributed by atoms with E-state index >= 15 is 0 Å². The lowest BCUT2D eigenvalue weighted by molar-refractivity contribution is 0.0322. The van der Waals surface area contributed by atoms with Crippen LogP contribution in [0.2, 0.25) is 0 Å². The van der Waals surface area contributed by atoms with E-state index in [-0.39, 0.29) is 18.4 Å². The fourth-order valence-corrected chi connectivity index (χ4v) is 1.94. The lowest BCUT2D eigenvalue weighted by atomic mass is 10.3. The number of nitrogens with one attached hydrogen (secondary N) is 2. The molecule has 0 spiro atoms. The van der Waals surface area contributed by atoms with Gasteiger partial charge in [-0.3, -0.25) is 10.3 Å². The van der Waals surface area contributed by atoms with Gasteiger partial charge in [-0.2, -0.15) is 0 Å². The van der Waals surface area contributed by atoms with Crippen LogP contribution in [0, 0.1) is 5.41 Å². The Labute approximate surface area is 125 Å². The molecule has 0 aromatic heterocycles. The van der Waals surface area contributed by atoms with Gasteiger partial charge in [0.05, 0.1) is 13.2 Å². The van der Waals surface area contributed by atoms with E-state index in [9.17, 15) is 0 Å². The molecule has 1 fully saturated rings. The molecule has 0 aliphatic carbocycles. The van der Waals surface area contributed by atoms with Gasteiger partial charge in [0.1, 0.15) is 12.4 Å². The van der Waals surface area contributed by atoms with Gasteiger partial charge < -0.3 is 20.5 Å². The Balaban J connectivity index is 0.00000200. The molecule has 1 heterocycles. The van der Waals surface area contributed by atoms with E-state index in [2.05, 4.69) is 10.2 Å². The van der Waals surface area contributed by atoms with E-state index in [4.69, 9.17) is 20.6 Å². The maximum Gasteiger partial charge on any atom is 0.190 e. The summed E-state index contributed by atoms with van der Waals surface area (Å²) in [5.41, 5.74) is 6.05. The van der Waals surface area contributed by atoms with Gasteiger partial charge in [-0.05, 0) is 12.1 Å². The first-order valence-corrected chi connectivity index (χ1v) is 6.38. The second-order valence-corrected chi connectivity index (χ2v) is 4.37. The summed E-state index contributed by atoms with van der Waals surface area (Å²) in [5.74, 6) is 0.699. The number of ether oxygens (including phenoxy) is 2. The van der Waals surface area contributed by atoms with Crippen molar-refractivity contribution in [2.45, 2.75) is 0 Å². The smallest absolute Gasteiger partial charge is 0.190 e. The Bertz CT molecular complexity index is 425. The molecule has 2 rings (SSSR count). The molecule has 0 atom stereocenters. The molecule has 1 saturated heterocycles. The SMILES string of the molecule is Cl.N=C(N)Nc1cccc(OCCN2CCOCC2)c1. The number of halogens is 1. The van der Waals surface area contributed by atoms with Crippen LogP contribution < -0.4 is 15.8 Å². The van der Waals surface area contributed by atoms with Crippen LogP contribution in [0.1, 0.15) is 0 Å². The van der Waals surface area contributed by atoms with Crippen LogP contribution in [0.5, 0.6) is 5.75 Å². The molecule has 1 aliphatic heterocycles. The summed E-state index contributed by atoms with van der Waals surface area (Å²) in [4.78, 5) is 2.32. The van der Waals surface area contributed by atoms with Crippen molar-refractivity contribution in [3.63, 3.8) is 0 Å². The van der Waals surface area contributed by atoms with E-state index in [0.717, 1.165) is 44.3 Å². The molecule has 0 amide bonds. The van der Waals surface area contributed by atoms with Gasteiger partial charge in [-0.1, -0.05) is 6.07 Å². The first kappa shape index (κ1) is 16.6. The Morgan fingerprint density at radius 1 is 1.40 bits per heavy atom. The normalized spacial score (nSPS) is 15.2. The first-order valence-electron chi connectivity index (χ1n) is 6.38. The minimum atomic E-state index is -0.0783. The second-order valence-electron chi connectivity index (χ2n) is 4.37. The zero-order valence-electron chi connectivity index (χ0n) is 11.3. The van der Waals surface area contributed by atoms with Crippen LogP contribution in [0.15, 0.2) is 24.3 Å². The predicted octanol–water partition coefficient (Wildman–Crippen LogP) is 1.12. The van der Waals surface area contributed by atoms with Gasteiger partial charge in [-0.25, -0.2) is 0 Å². The third-order valence-electron chi connectivity index (χ3n) is 2.89. The third-order valence-corrected chi connectivity index (χ3v) is 2.89. The van der Waals surface area contributed by atoms with Crippen LogP contribution in [-0.2, 0) is 4.74 Å². The van der Waals surface area contributed by atoms with E-state index < -0.39 is 0 Å². The number of guanidine groups is 1. The molecule has 4 N–H and O–H groups in total. The Morgan fingerprint density at radius 2 is 2.15 bits per heavy atom. The van der Waals surface area contributed by atoms with E-state index in [1.807, 2.05) is 24.3 Å². The van der Waals surface area contributed by atoms with Gasteiger partial charge in [0.15, 0.2) is 5.96 Å². The highest BCUT2D eigenvalue weighted by molar-refractivity contribution is 5.89. The highest BCUT2D eigenvalue weighted by atomic mass is 35.5. The largest absolute Gasteiger partial charge is 0.492 e. The summed E-state index contributed by atoms with van der Waals surface area (Å²) < 4.78 is 11.0. The van der Waals surface area contributed by atoms with Gasteiger partial charge in [0, 0.05) is 31.4 Å². The number of hydrogen-bond acceptors (Lipinski definition) is 4. The summed E-state index contributed by atoms with van der Waals surface area (Å²) in [5, 5.41) is 9.92. The second kappa shape index (κ2) is 8.63. The highest BCUT2D eigenvalue weighted by Crippen LogP contribution is 2.17. The number of nitrogens with zero attached hydrogens (tertiary/aromatic N) is 1. The maximum absolute atomic E-state index is 7.18. The molecular formula is C13H21ClN4O2. The molecule has 1 aromatic carbocycles. The lowest BCUT2D eigenvalue weighted by Gasteiger charge is -2.26. The van der Waals surface area contributed by atoms with Crippen LogP contribution in [0.25, 0.3) is 0 Å². The van der Waals surface area contributed by atoms with Gasteiger partial charge in [0.25, 0.3) is 0 Å². The summed E-state index contributed by atoms with van der Waals surface area (Å²) in [6.45, 7) is 5.08. The fraction of sp³-hybridized carbons (Fsp3) is 0.462. The number of hydrogen-bond donors (Lipinski definition) is 3. The topological polar surface area (TPSA) is 83.6 Å². The van der Waals surface area contributed by atoms with Gasteiger partial charge >= 0.3 is 0 Å². The quantitative estimate of drug-likeness (QED) is 0.561. The van der Waals surface area contributed by atoms with Crippen molar-refractivity contribution < 1.29 is 9.47 Å². The zero-order chi connectivity index (χ0) is 13.5. The average molecular weight is 301 g/mol. The summed E-state index contributed by atoms with van der Waals surface area (Å²) in [6.07, 6.45) is 0. The fourth-order valence-electron chi connectivity index (χ4n) is 1.94. The van der Waals surface area contributed by atoms with Crippen molar-refractivity contribution in [1.29, 1.82) is 5.41 Å². The molecule has 1 aliphatic rings. The molecule has 0 bridgehead atoms. The number of anilines is 1. The molecule has 1 aromatic rings. The van der Waals surface area contributed by atoms with Gasteiger partial charge in [-0.15, -0.1) is 12.4 Å². The number of nitrogens with two attached hydrogens (primary N) is 1. The van der Waals surface area contributed by atoms with Crippen LogP contribution in [0.3, 0.4) is 0 Å².